The zero-order valence-electron chi connectivity index (χ0n) is 21.1. The molecule has 1 fully saturated rings. The number of H-pyrrole nitrogens is 2. The van der Waals surface area contributed by atoms with Gasteiger partial charge >= 0.3 is 0 Å². The summed E-state index contributed by atoms with van der Waals surface area (Å²) in [5.74, 6) is -0.174. The van der Waals surface area contributed by atoms with Crippen LogP contribution in [0.5, 0.6) is 5.75 Å². The second-order valence-electron chi connectivity index (χ2n) is 9.72. The molecule has 4 aromatic rings. The molecule has 1 saturated heterocycles. The van der Waals surface area contributed by atoms with Crippen LogP contribution in [0.3, 0.4) is 0 Å². The van der Waals surface area contributed by atoms with Crippen LogP contribution >= 0.6 is 12.1 Å². The standard InChI is InChI=1S/C27H31FN6O2S/c1-3-16-13-25(35)21(28)14-20(16)17-4-5-19-23(12-17)31-32-26(19)27-29-22-8-11-34(15-24(22)30-27)37-33-9-6-18(36-2)7-10-33/h4-5,12-14,18,35H,3,6-11,15H2,1-2H3,(H,29,30)(H,31,32). The highest BCUT2D eigenvalue weighted by Gasteiger charge is 2.26. The predicted octanol–water partition coefficient (Wildman–Crippen LogP) is 5.06. The molecule has 3 N–H and O–H groups in total. The Balaban J connectivity index is 1.21. The smallest absolute Gasteiger partial charge is 0.165 e. The first-order valence-corrected chi connectivity index (χ1v) is 13.5. The zero-order valence-corrected chi connectivity index (χ0v) is 21.9. The normalized spacial score (nSPS) is 17.5. The van der Waals surface area contributed by atoms with Crippen molar-refractivity contribution in [1.29, 1.82) is 0 Å². The van der Waals surface area contributed by atoms with Crippen molar-refractivity contribution in [3.05, 3.63) is 53.1 Å². The molecule has 194 valence electrons. The molecule has 2 aliphatic rings. The molecule has 37 heavy (non-hydrogen) atoms. The van der Waals surface area contributed by atoms with Crippen molar-refractivity contribution in [2.24, 2.45) is 0 Å². The molecular formula is C27H31FN6O2S. The maximum Gasteiger partial charge on any atom is 0.165 e. The van der Waals surface area contributed by atoms with E-state index >= 15 is 0 Å². The monoisotopic (exact) mass is 522 g/mol. The number of benzene rings is 2. The summed E-state index contributed by atoms with van der Waals surface area (Å²) >= 11 is 1.82. The van der Waals surface area contributed by atoms with Crippen molar-refractivity contribution in [2.75, 3.05) is 26.7 Å². The molecule has 0 spiro atoms. The van der Waals surface area contributed by atoms with Gasteiger partial charge in [-0.15, -0.1) is 0 Å². The Kier molecular flexibility index (Phi) is 6.66. The lowest BCUT2D eigenvalue weighted by molar-refractivity contribution is 0.0616. The van der Waals surface area contributed by atoms with Crippen LogP contribution < -0.4 is 0 Å². The third kappa shape index (κ3) is 4.74. The molecular weight excluding hydrogens is 491 g/mol. The van der Waals surface area contributed by atoms with Gasteiger partial charge in [0, 0.05) is 56.4 Å². The largest absolute Gasteiger partial charge is 0.505 e. The van der Waals surface area contributed by atoms with Gasteiger partial charge in [-0.05, 0) is 60.2 Å². The Morgan fingerprint density at radius 1 is 1.16 bits per heavy atom. The van der Waals surface area contributed by atoms with Gasteiger partial charge in [0.25, 0.3) is 0 Å². The van der Waals surface area contributed by atoms with Gasteiger partial charge in [-0.25, -0.2) is 18.0 Å². The molecule has 0 bridgehead atoms. The van der Waals surface area contributed by atoms with Crippen LogP contribution in [0.25, 0.3) is 33.5 Å². The quantitative estimate of drug-likeness (QED) is 0.305. The van der Waals surface area contributed by atoms with Crippen LogP contribution in [-0.2, 0) is 24.1 Å². The van der Waals surface area contributed by atoms with E-state index in [1.807, 2.05) is 37.3 Å². The molecule has 0 saturated carbocycles. The van der Waals surface area contributed by atoms with Gasteiger partial charge in [-0.2, -0.15) is 5.10 Å². The number of piperidine rings is 1. The van der Waals surface area contributed by atoms with Crippen molar-refractivity contribution >= 4 is 23.0 Å². The van der Waals surface area contributed by atoms with E-state index in [0.717, 1.165) is 90.2 Å². The molecule has 6 rings (SSSR count). The Hall–Kier alpha value is -2.92. The van der Waals surface area contributed by atoms with Crippen LogP contribution in [0.15, 0.2) is 30.3 Å². The molecule has 4 heterocycles. The highest BCUT2D eigenvalue weighted by molar-refractivity contribution is 7.94. The molecule has 8 nitrogen and oxygen atoms in total. The second kappa shape index (κ2) is 10.1. The molecule has 0 amide bonds. The first-order chi connectivity index (χ1) is 18.0. The van der Waals surface area contributed by atoms with Crippen molar-refractivity contribution in [2.45, 2.75) is 45.3 Å². The number of halogens is 1. The van der Waals surface area contributed by atoms with Crippen LogP contribution in [-0.4, -0.2) is 66.7 Å². The van der Waals surface area contributed by atoms with E-state index in [2.05, 4.69) is 23.8 Å². The first kappa shape index (κ1) is 24.4. The lowest BCUT2D eigenvalue weighted by atomic mass is 9.96. The number of phenols is 1. The van der Waals surface area contributed by atoms with Gasteiger partial charge in [0.1, 0.15) is 5.69 Å². The van der Waals surface area contributed by atoms with E-state index < -0.39 is 5.82 Å². The van der Waals surface area contributed by atoms with Crippen molar-refractivity contribution in [1.82, 2.24) is 28.8 Å². The van der Waals surface area contributed by atoms with E-state index in [9.17, 15) is 9.50 Å². The molecule has 2 aromatic heterocycles. The lowest BCUT2D eigenvalue weighted by Crippen LogP contribution is -2.36. The Bertz CT molecular complexity index is 1430. The van der Waals surface area contributed by atoms with Crippen molar-refractivity contribution in [3.8, 4) is 28.4 Å². The summed E-state index contributed by atoms with van der Waals surface area (Å²) in [4.78, 5) is 8.44. The maximum atomic E-state index is 14.1. The average Bonchev–Trinajstić information content (AvgIpc) is 3.53. The van der Waals surface area contributed by atoms with Crippen molar-refractivity contribution in [3.63, 3.8) is 0 Å². The number of nitrogens with one attached hydrogen (secondary N) is 2. The number of aromatic amines is 2. The fourth-order valence-electron chi connectivity index (χ4n) is 5.29. The Morgan fingerprint density at radius 3 is 2.78 bits per heavy atom. The van der Waals surface area contributed by atoms with Gasteiger partial charge in [0.05, 0.1) is 23.9 Å². The van der Waals surface area contributed by atoms with Gasteiger partial charge in [-0.1, -0.05) is 13.0 Å². The third-order valence-electron chi connectivity index (χ3n) is 7.42. The Morgan fingerprint density at radius 2 is 2.00 bits per heavy atom. The van der Waals surface area contributed by atoms with E-state index in [1.165, 1.54) is 17.8 Å². The molecule has 0 atom stereocenters. The molecule has 0 aliphatic carbocycles. The average molecular weight is 523 g/mol. The maximum absolute atomic E-state index is 14.1. The number of ether oxygens (including phenoxy) is 1. The van der Waals surface area contributed by atoms with Crippen molar-refractivity contribution < 1.29 is 14.2 Å². The van der Waals surface area contributed by atoms with Crippen LogP contribution in [0.4, 0.5) is 4.39 Å². The number of aryl methyl sites for hydroxylation is 1. The van der Waals surface area contributed by atoms with Gasteiger partial charge < -0.3 is 14.8 Å². The summed E-state index contributed by atoms with van der Waals surface area (Å²) in [5.41, 5.74) is 6.42. The SMILES string of the molecule is CCc1cc(O)c(F)cc1-c1ccc2c(-c3nc4c([nH]3)CCN(SN3CCC(OC)CC3)C4)n[nH]c2c1. The minimum absolute atomic E-state index is 0.320. The number of nitrogens with zero attached hydrogens (tertiary/aromatic N) is 4. The predicted molar refractivity (Wildman–Crippen MR) is 143 cm³/mol. The highest BCUT2D eigenvalue weighted by Crippen LogP contribution is 2.35. The van der Waals surface area contributed by atoms with E-state index in [-0.39, 0.29) is 5.75 Å². The van der Waals surface area contributed by atoms with E-state index in [4.69, 9.17) is 9.72 Å². The third-order valence-corrected chi connectivity index (χ3v) is 8.56. The number of hydrogen-bond acceptors (Lipinski definition) is 7. The molecule has 2 aliphatic heterocycles. The molecule has 0 radical (unpaired) electrons. The lowest BCUT2D eigenvalue weighted by Gasteiger charge is -2.34. The fraction of sp³-hybridized carbons (Fsp3) is 0.407. The number of fused-ring (bicyclic) bond motifs is 2. The van der Waals surface area contributed by atoms with Crippen LogP contribution in [0, 0.1) is 5.82 Å². The number of phenolic OH excluding ortho intramolecular Hbond substituents is 1. The first-order valence-electron chi connectivity index (χ1n) is 12.8. The highest BCUT2D eigenvalue weighted by atomic mass is 32.2. The number of aromatic hydroxyl groups is 1. The summed E-state index contributed by atoms with van der Waals surface area (Å²) in [6.45, 7) is 5.83. The fourth-order valence-corrected chi connectivity index (χ4v) is 6.35. The summed E-state index contributed by atoms with van der Waals surface area (Å²) in [6.07, 6.45) is 4.14. The topological polar surface area (TPSA) is 93.3 Å². The minimum atomic E-state index is -0.620. The number of rotatable bonds is 6. The number of aromatic nitrogens is 4. The number of hydrogen-bond donors (Lipinski definition) is 3. The second-order valence-corrected chi connectivity index (χ2v) is 10.9. The van der Waals surface area contributed by atoms with Crippen LogP contribution in [0.2, 0.25) is 0 Å². The van der Waals surface area contributed by atoms with Gasteiger partial charge in [0.15, 0.2) is 17.4 Å². The summed E-state index contributed by atoms with van der Waals surface area (Å²) in [7, 11) is 1.80. The zero-order chi connectivity index (χ0) is 25.5. The summed E-state index contributed by atoms with van der Waals surface area (Å²) in [6, 6.07) is 8.85. The van der Waals surface area contributed by atoms with E-state index in [0.29, 0.717) is 12.5 Å². The van der Waals surface area contributed by atoms with Gasteiger partial charge in [-0.3, -0.25) is 5.10 Å². The molecule has 0 unspecified atom stereocenters. The van der Waals surface area contributed by atoms with E-state index in [1.54, 1.807) is 7.11 Å². The molecule has 10 heteroatoms. The summed E-state index contributed by atoms with van der Waals surface area (Å²) < 4.78 is 24.4. The summed E-state index contributed by atoms with van der Waals surface area (Å²) in [5, 5.41) is 18.4. The number of methoxy groups -OCH3 is 1. The number of imidazole rings is 1. The minimum Gasteiger partial charge on any atom is -0.505 e. The van der Waals surface area contributed by atoms with Gasteiger partial charge in [0.2, 0.25) is 0 Å². The van der Waals surface area contributed by atoms with Crippen LogP contribution in [0.1, 0.15) is 36.7 Å². The Labute approximate surface area is 219 Å². The molecule has 2 aromatic carbocycles.